The van der Waals surface area contributed by atoms with Crippen molar-refractivity contribution in [1.82, 2.24) is 9.88 Å². The molecule has 1 aromatic rings. The first kappa shape index (κ1) is 9.89. The molecule has 1 aliphatic rings. The lowest BCUT2D eigenvalue weighted by Gasteiger charge is -2.30. The molecule has 0 aromatic carbocycles. The molecule has 4 nitrogen and oxygen atoms in total. The number of nitrogens with zero attached hydrogens (tertiary/aromatic N) is 2. The largest absolute Gasteiger partial charge is 0.376 e. The molecule has 2 heterocycles. The van der Waals surface area contributed by atoms with Crippen molar-refractivity contribution in [3.63, 3.8) is 0 Å². The van der Waals surface area contributed by atoms with Crippen LogP contribution in [0.15, 0.2) is 5.38 Å². The quantitative estimate of drug-likeness (QED) is 0.794. The molecule has 2 N–H and O–H groups in total. The van der Waals surface area contributed by atoms with Gasteiger partial charge in [-0.05, 0) is 6.92 Å². The molecule has 5 heteroatoms. The van der Waals surface area contributed by atoms with Gasteiger partial charge in [0.25, 0.3) is 0 Å². The second-order valence-electron chi connectivity index (χ2n) is 3.59. The minimum atomic E-state index is 0.333. The van der Waals surface area contributed by atoms with E-state index in [0.717, 1.165) is 31.9 Å². The smallest absolute Gasteiger partial charge is 0.180 e. The van der Waals surface area contributed by atoms with Crippen molar-refractivity contribution in [2.24, 2.45) is 0 Å². The molecule has 0 bridgehead atoms. The number of thiazole rings is 1. The lowest BCUT2D eigenvalue weighted by atomic mass is 10.3. The summed E-state index contributed by atoms with van der Waals surface area (Å²) in [6.07, 6.45) is 0.333. The number of aromatic nitrogens is 1. The molecule has 1 unspecified atom stereocenters. The maximum absolute atomic E-state index is 5.58. The monoisotopic (exact) mass is 213 g/mol. The minimum Gasteiger partial charge on any atom is -0.376 e. The predicted molar refractivity (Wildman–Crippen MR) is 57.2 cm³/mol. The summed E-state index contributed by atoms with van der Waals surface area (Å²) < 4.78 is 5.47. The Morgan fingerprint density at radius 1 is 1.79 bits per heavy atom. The Balaban J connectivity index is 1.90. The van der Waals surface area contributed by atoms with Crippen molar-refractivity contribution in [3.05, 3.63) is 11.1 Å². The second-order valence-corrected chi connectivity index (χ2v) is 4.48. The highest BCUT2D eigenvalue weighted by atomic mass is 32.1. The number of morpholine rings is 1. The van der Waals surface area contributed by atoms with E-state index in [0.29, 0.717) is 11.2 Å². The number of nitrogens with two attached hydrogens (primary N) is 1. The molecule has 1 aromatic heterocycles. The van der Waals surface area contributed by atoms with E-state index >= 15 is 0 Å². The van der Waals surface area contributed by atoms with Gasteiger partial charge in [-0.3, -0.25) is 4.90 Å². The van der Waals surface area contributed by atoms with Gasteiger partial charge in [0.1, 0.15) is 0 Å². The highest BCUT2D eigenvalue weighted by Gasteiger charge is 2.17. The van der Waals surface area contributed by atoms with Gasteiger partial charge in [0.2, 0.25) is 0 Å². The van der Waals surface area contributed by atoms with Crippen LogP contribution in [-0.4, -0.2) is 35.7 Å². The predicted octanol–water partition coefficient (Wildman–Crippen LogP) is 0.946. The zero-order valence-electron chi connectivity index (χ0n) is 8.27. The Morgan fingerprint density at radius 2 is 2.64 bits per heavy atom. The highest BCUT2D eigenvalue weighted by Crippen LogP contribution is 2.14. The third-order valence-electron chi connectivity index (χ3n) is 2.28. The summed E-state index contributed by atoms with van der Waals surface area (Å²) in [7, 11) is 0. The van der Waals surface area contributed by atoms with E-state index < -0.39 is 0 Å². The van der Waals surface area contributed by atoms with E-state index in [9.17, 15) is 0 Å². The number of rotatable bonds is 2. The first-order valence-electron chi connectivity index (χ1n) is 4.78. The summed E-state index contributed by atoms with van der Waals surface area (Å²) in [4.78, 5) is 6.59. The number of hydrogen-bond acceptors (Lipinski definition) is 5. The molecule has 1 aliphatic heterocycles. The number of nitrogen functional groups attached to an aromatic ring is 1. The van der Waals surface area contributed by atoms with Crippen LogP contribution in [0.5, 0.6) is 0 Å². The lowest BCUT2D eigenvalue weighted by molar-refractivity contribution is -0.0215. The summed E-state index contributed by atoms with van der Waals surface area (Å²) in [6, 6.07) is 0. The first-order chi connectivity index (χ1) is 6.74. The summed E-state index contributed by atoms with van der Waals surface area (Å²) >= 11 is 1.50. The average molecular weight is 213 g/mol. The number of anilines is 1. The van der Waals surface area contributed by atoms with Gasteiger partial charge in [-0.25, -0.2) is 4.98 Å². The molecule has 78 valence electrons. The van der Waals surface area contributed by atoms with Crippen LogP contribution in [0.25, 0.3) is 0 Å². The van der Waals surface area contributed by atoms with Gasteiger partial charge in [0.05, 0.1) is 18.4 Å². The van der Waals surface area contributed by atoms with Crippen LogP contribution in [0.2, 0.25) is 0 Å². The van der Waals surface area contributed by atoms with Gasteiger partial charge in [0.15, 0.2) is 5.13 Å². The van der Waals surface area contributed by atoms with Gasteiger partial charge >= 0.3 is 0 Å². The van der Waals surface area contributed by atoms with Gasteiger partial charge in [0, 0.05) is 25.0 Å². The minimum absolute atomic E-state index is 0.333. The Morgan fingerprint density at radius 3 is 3.29 bits per heavy atom. The molecule has 0 spiro atoms. The molecule has 1 fully saturated rings. The molecule has 1 atom stereocenters. The molecule has 0 saturated carbocycles. The highest BCUT2D eigenvalue weighted by molar-refractivity contribution is 7.13. The zero-order chi connectivity index (χ0) is 9.97. The van der Waals surface area contributed by atoms with Crippen molar-refractivity contribution in [2.45, 2.75) is 19.6 Å². The fraction of sp³-hybridized carbons (Fsp3) is 0.667. The van der Waals surface area contributed by atoms with E-state index in [1.165, 1.54) is 11.3 Å². The van der Waals surface area contributed by atoms with Crippen molar-refractivity contribution >= 4 is 16.5 Å². The fourth-order valence-electron chi connectivity index (χ4n) is 1.66. The van der Waals surface area contributed by atoms with E-state index in [2.05, 4.69) is 16.8 Å². The molecule has 0 amide bonds. The Labute approximate surface area is 87.7 Å². The Kier molecular flexibility index (Phi) is 3.00. The second kappa shape index (κ2) is 4.25. The van der Waals surface area contributed by atoms with Crippen LogP contribution >= 0.6 is 11.3 Å². The zero-order valence-corrected chi connectivity index (χ0v) is 9.09. The van der Waals surface area contributed by atoms with Crippen LogP contribution in [0.4, 0.5) is 5.13 Å². The standard InChI is InChI=1S/C9H15N3OS/c1-7-4-12(2-3-13-7)5-8-6-14-9(10)11-8/h6-7H,2-5H2,1H3,(H2,10,11). The molecular weight excluding hydrogens is 198 g/mol. The molecule has 2 rings (SSSR count). The van der Waals surface area contributed by atoms with Crippen LogP contribution in [-0.2, 0) is 11.3 Å². The topological polar surface area (TPSA) is 51.4 Å². The van der Waals surface area contributed by atoms with E-state index in [1.54, 1.807) is 0 Å². The molecular formula is C9H15N3OS. The van der Waals surface area contributed by atoms with Gasteiger partial charge in [-0.1, -0.05) is 0 Å². The van der Waals surface area contributed by atoms with E-state index in [1.807, 2.05) is 5.38 Å². The summed E-state index contributed by atoms with van der Waals surface area (Å²) in [5, 5.41) is 2.68. The average Bonchev–Trinajstić information content (AvgIpc) is 2.51. The fourth-order valence-corrected chi connectivity index (χ4v) is 2.21. The van der Waals surface area contributed by atoms with E-state index in [-0.39, 0.29) is 0 Å². The molecule has 1 saturated heterocycles. The van der Waals surface area contributed by atoms with Gasteiger partial charge in [-0.15, -0.1) is 11.3 Å². The van der Waals surface area contributed by atoms with Crippen LogP contribution in [0.3, 0.4) is 0 Å². The third kappa shape index (κ3) is 2.43. The Bertz CT molecular complexity index is 302. The normalized spacial score (nSPS) is 23.9. The van der Waals surface area contributed by atoms with Crippen LogP contribution in [0, 0.1) is 0 Å². The van der Waals surface area contributed by atoms with Gasteiger partial charge < -0.3 is 10.5 Å². The molecule has 0 radical (unpaired) electrons. The van der Waals surface area contributed by atoms with Gasteiger partial charge in [-0.2, -0.15) is 0 Å². The first-order valence-corrected chi connectivity index (χ1v) is 5.66. The molecule has 0 aliphatic carbocycles. The van der Waals surface area contributed by atoms with Crippen molar-refractivity contribution in [3.8, 4) is 0 Å². The summed E-state index contributed by atoms with van der Waals surface area (Å²) in [6.45, 7) is 5.78. The van der Waals surface area contributed by atoms with E-state index in [4.69, 9.17) is 10.5 Å². The summed E-state index contributed by atoms with van der Waals surface area (Å²) in [5.74, 6) is 0. The van der Waals surface area contributed by atoms with Crippen LogP contribution in [0.1, 0.15) is 12.6 Å². The van der Waals surface area contributed by atoms with Crippen molar-refractivity contribution in [2.75, 3.05) is 25.4 Å². The SMILES string of the molecule is CC1CN(Cc2csc(N)n2)CCO1. The number of ether oxygens (including phenoxy) is 1. The lowest BCUT2D eigenvalue weighted by Crippen LogP contribution is -2.40. The number of hydrogen-bond donors (Lipinski definition) is 1. The summed E-state index contributed by atoms with van der Waals surface area (Å²) in [5.41, 5.74) is 6.65. The third-order valence-corrected chi connectivity index (χ3v) is 3.00. The van der Waals surface area contributed by atoms with Crippen LogP contribution < -0.4 is 5.73 Å². The maximum atomic E-state index is 5.58. The Hall–Kier alpha value is -0.650. The molecule has 14 heavy (non-hydrogen) atoms. The van der Waals surface area contributed by atoms with Crippen molar-refractivity contribution < 1.29 is 4.74 Å². The maximum Gasteiger partial charge on any atom is 0.180 e. The van der Waals surface area contributed by atoms with Crippen molar-refractivity contribution in [1.29, 1.82) is 0 Å².